The smallest absolute Gasteiger partial charge is 0.222 e. The number of amides is 1. The van der Waals surface area contributed by atoms with Crippen molar-refractivity contribution in [3.63, 3.8) is 0 Å². The minimum Gasteiger partial charge on any atom is -0.457 e. The number of nitrogens with zero attached hydrogens (tertiary/aromatic N) is 4. The lowest BCUT2D eigenvalue weighted by molar-refractivity contribution is -0.114. The van der Waals surface area contributed by atoms with Crippen LogP contribution in [0.4, 0.5) is 5.82 Å². The molecule has 5 rings (SSSR count). The predicted octanol–water partition coefficient (Wildman–Crippen LogP) is 4.17. The molecule has 4 aromatic rings. The van der Waals surface area contributed by atoms with E-state index in [1.807, 2.05) is 59.3 Å². The third-order valence-electron chi connectivity index (χ3n) is 5.51. The second-order valence-corrected chi connectivity index (χ2v) is 7.83. The number of ether oxygens (including phenoxy) is 1. The Morgan fingerprint density at radius 1 is 1.09 bits per heavy atom. The second kappa shape index (κ2) is 8.76. The largest absolute Gasteiger partial charge is 0.457 e. The SMILES string of the molecule is CC(=O)Nc1ncnc2c1c(-c1ccc(Oc3ccccc3)cc1)nn2C1CCCNC1. The zero-order valence-electron chi connectivity index (χ0n) is 17.8. The van der Waals surface area contributed by atoms with Gasteiger partial charge in [0.2, 0.25) is 5.91 Å². The van der Waals surface area contributed by atoms with E-state index in [-0.39, 0.29) is 11.9 Å². The predicted molar refractivity (Wildman–Crippen MR) is 123 cm³/mol. The molecule has 8 nitrogen and oxygen atoms in total. The van der Waals surface area contributed by atoms with Gasteiger partial charge >= 0.3 is 0 Å². The number of hydrogen-bond acceptors (Lipinski definition) is 6. The molecule has 1 aliphatic heterocycles. The average molecular weight is 428 g/mol. The van der Waals surface area contributed by atoms with Gasteiger partial charge in [0.25, 0.3) is 0 Å². The van der Waals surface area contributed by atoms with Crippen LogP contribution in [0.5, 0.6) is 11.5 Å². The van der Waals surface area contributed by atoms with Crippen molar-refractivity contribution in [3.05, 3.63) is 60.9 Å². The highest BCUT2D eigenvalue weighted by Crippen LogP contribution is 2.35. The van der Waals surface area contributed by atoms with Gasteiger partial charge < -0.3 is 15.4 Å². The van der Waals surface area contributed by atoms with Crippen molar-refractivity contribution in [1.29, 1.82) is 0 Å². The zero-order chi connectivity index (χ0) is 21.9. The molecule has 0 bridgehead atoms. The van der Waals surface area contributed by atoms with Crippen molar-refractivity contribution < 1.29 is 9.53 Å². The van der Waals surface area contributed by atoms with Crippen LogP contribution in [0.3, 0.4) is 0 Å². The molecule has 3 heterocycles. The molecule has 1 aliphatic rings. The summed E-state index contributed by atoms with van der Waals surface area (Å²) in [6.45, 7) is 3.32. The summed E-state index contributed by atoms with van der Waals surface area (Å²) in [6, 6.07) is 17.6. The number of benzene rings is 2. The van der Waals surface area contributed by atoms with Crippen LogP contribution in [0.1, 0.15) is 25.8 Å². The lowest BCUT2D eigenvalue weighted by atomic mass is 10.1. The molecule has 1 amide bonds. The topological polar surface area (TPSA) is 94.0 Å². The number of piperidine rings is 1. The fourth-order valence-corrected chi connectivity index (χ4v) is 4.04. The van der Waals surface area contributed by atoms with Crippen LogP contribution in [0.15, 0.2) is 60.9 Å². The number of rotatable bonds is 5. The van der Waals surface area contributed by atoms with Gasteiger partial charge in [0.05, 0.1) is 11.4 Å². The molecule has 2 aromatic carbocycles. The molecule has 0 aliphatic carbocycles. The van der Waals surface area contributed by atoms with Crippen LogP contribution in [-0.2, 0) is 4.79 Å². The molecule has 2 aromatic heterocycles. The normalized spacial score (nSPS) is 16.1. The molecular weight excluding hydrogens is 404 g/mol. The fraction of sp³-hybridized carbons (Fsp3) is 0.250. The highest BCUT2D eigenvalue weighted by molar-refractivity contribution is 6.04. The van der Waals surface area contributed by atoms with Crippen molar-refractivity contribution in [2.45, 2.75) is 25.8 Å². The quantitative estimate of drug-likeness (QED) is 0.496. The molecule has 0 radical (unpaired) electrons. The highest BCUT2D eigenvalue weighted by atomic mass is 16.5. The number of para-hydroxylation sites is 1. The van der Waals surface area contributed by atoms with E-state index in [2.05, 4.69) is 20.6 Å². The second-order valence-electron chi connectivity index (χ2n) is 7.83. The molecule has 8 heteroatoms. The number of fused-ring (bicyclic) bond motifs is 1. The third-order valence-corrected chi connectivity index (χ3v) is 5.51. The minimum absolute atomic E-state index is 0.186. The number of carbonyl (C=O) groups excluding carboxylic acids is 1. The summed E-state index contributed by atoms with van der Waals surface area (Å²) in [5, 5.41) is 12.0. The fourth-order valence-electron chi connectivity index (χ4n) is 4.04. The van der Waals surface area contributed by atoms with Crippen molar-refractivity contribution in [1.82, 2.24) is 25.1 Å². The van der Waals surface area contributed by atoms with E-state index in [0.29, 0.717) is 5.82 Å². The first kappa shape index (κ1) is 20.1. The molecule has 32 heavy (non-hydrogen) atoms. The van der Waals surface area contributed by atoms with Gasteiger partial charge in [-0.1, -0.05) is 18.2 Å². The molecule has 1 unspecified atom stereocenters. The van der Waals surface area contributed by atoms with Gasteiger partial charge in [0, 0.05) is 19.0 Å². The van der Waals surface area contributed by atoms with Crippen LogP contribution < -0.4 is 15.4 Å². The minimum atomic E-state index is -0.186. The van der Waals surface area contributed by atoms with E-state index in [1.54, 1.807) is 0 Å². The van der Waals surface area contributed by atoms with Crippen molar-refractivity contribution in [2.75, 3.05) is 18.4 Å². The highest BCUT2D eigenvalue weighted by Gasteiger charge is 2.24. The summed E-state index contributed by atoms with van der Waals surface area (Å²) in [6.07, 6.45) is 3.58. The molecular formula is C24H24N6O2. The Morgan fingerprint density at radius 2 is 1.88 bits per heavy atom. The number of aromatic nitrogens is 4. The summed E-state index contributed by atoms with van der Waals surface area (Å²) >= 11 is 0. The molecule has 1 saturated heterocycles. The Bertz CT molecular complexity index is 1230. The maximum atomic E-state index is 11.8. The molecule has 1 atom stereocenters. The maximum absolute atomic E-state index is 11.8. The summed E-state index contributed by atoms with van der Waals surface area (Å²) in [5.41, 5.74) is 2.36. The van der Waals surface area contributed by atoms with E-state index in [1.165, 1.54) is 13.3 Å². The van der Waals surface area contributed by atoms with E-state index >= 15 is 0 Å². The summed E-state index contributed by atoms with van der Waals surface area (Å²) in [4.78, 5) is 20.7. The maximum Gasteiger partial charge on any atom is 0.222 e. The first-order valence-corrected chi connectivity index (χ1v) is 10.7. The van der Waals surface area contributed by atoms with E-state index in [9.17, 15) is 4.79 Å². The summed E-state index contributed by atoms with van der Waals surface area (Å²) in [5.74, 6) is 1.80. The van der Waals surface area contributed by atoms with Crippen LogP contribution >= 0.6 is 0 Å². The average Bonchev–Trinajstić information content (AvgIpc) is 3.21. The number of anilines is 1. The summed E-state index contributed by atoms with van der Waals surface area (Å²) in [7, 11) is 0. The molecule has 162 valence electrons. The van der Waals surface area contributed by atoms with Crippen molar-refractivity contribution in [2.24, 2.45) is 0 Å². The zero-order valence-corrected chi connectivity index (χ0v) is 17.8. The van der Waals surface area contributed by atoms with E-state index in [0.717, 1.165) is 59.7 Å². The molecule has 0 spiro atoms. The van der Waals surface area contributed by atoms with Crippen LogP contribution in [0.2, 0.25) is 0 Å². The van der Waals surface area contributed by atoms with Crippen LogP contribution in [0, 0.1) is 0 Å². The number of carbonyl (C=O) groups is 1. The van der Waals surface area contributed by atoms with Gasteiger partial charge in [-0.05, 0) is 55.8 Å². The Kier molecular flexibility index (Phi) is 5.51. The third kappa shape index (κ3) is 4.04. The lowest BCUT2D eigenvalue weighted by Crippen LogP contribution is -2.32. The van der Waals surface area contributed by atoms with Crippen LogP contribution in [0.25, 0.3) is 22.3 Å². The van der Waals surface area contributed by atoms with Gasteiger partial charge in [0.1, 0.15) is 29.3 Å². The Hall–Kier alpha value is -3.78. The molecule has 0 saturated carbocycles. The Morgan fingerprint density at radius 3 is 2.59 bits per heavy atom. The first-order chi connectivity index (χ1) is 15.7. The molecule has 1 fully saturated rings. The Balaban J connectivity index is 1.57. The van der Waals surface area contributed by atoms with E-state index in [4.69, 9.17) is 9.84 Å². The van der Waals surface area contributed by atoms with Crippen LogP contribution in [-0.4, -0.2) is 38.7 Å². The van der Waals surface area contributed by atoms with Gasteiger partial charge in [-0.2, -0.15) is 5.10 Å². The number of nitrogens with one attached hydrogen (secondary N) is 2. The van der Waals surface area contributed by atoms with Gasteiger partial charge in [-0.25, -0.2) is 14.6 Å². The van der Waals surface area contributed by atoms with Gasteiger partial charge in [0.15, 0.2) is 5.65 Å². The first-order valence-electron chi connectivity index (χ1n) is 10.7. The monoisotopic (exact) mass is 428 g/mol. The Labute approximate surface area is 185 Å². The van der Waals surface area contributed by atoms with Gasteiger partial charge in [-0.3, -0.25) is 4.79 Å². The van der Waals surface area contributed by atoms with Crippen molar-refractivity contribution in [3.8, 4) is 22.8 Å². The van der Waals surface area contributed by atoms with Gasteiger partial charge in [-0.15, -0.1) is 0 Å². The summed E-state index contributed by atoms with van der Waals surface area (Å²) < 4.78 is 7.89. The number of hydrogen-bond donors (Lipinski definition) is 2. The lowest BCUT2D eigenvalue weighted by Gasteiger charge is -2.23. The van der Waals surface area contributed by atoms with Crippen molar-refractivity contribution >= 4 is 22.8 Å². The van der Waals surface area contributed by atoms with E-state index < -0.39 is 0 Å². The molecule has 2 N–H and O–H groups in total. The standard InChI is InChI=1S/C24H24N6O2/c1-16(31)28-23-21-22(17-9-11-20(12-10-17)32-19-7-3-2-4-8-19)29-30(24(21)27-15-26-23)18-6-5-13-25-14-18/h2-4,7-12,15,18,25H,5-6,13-14H2,1H3,(H,26,27,28,31).